The first kappa shape index (κ1) is 11.4. The minimum Gasteiger partial charge on any atom is -0.398 e. The van der Waals surface area contributed by atoms with Crippen molar-refractivity contribution in [2.75, 3.05) is 5.73 Å². The van der Waals surface area contributed by atoms with Crippen molar-refractivity contribution in [3.63, 3.8) is 0 Å². The Morgan fingerprint density at radius 2 is 2.00 bits per heavy atom. The molecular formula is C11H17NOS. The number of nitrogen functional groups attached to an aromatic ring is 1. The minimum absolute atomic E-state index is 0.167. The van der Waals surface area contributed by atoms with Crippen molar-refractivity contribution >= 4 is 17.4 Å². The number of thioether (sulfide) groups is 1. The summed E-state index contributed by atoms with van der Waals surface area (Å²) < 4.78 is 0. The molecule has 0 saturated heterocycles. The number of nitrogens with two attached hydrogens (primary N) is 1. The van der Waals surface area contributed by atoms with Crippen LogP contribution in [-0.4, -0.2) is 16.5 Å². The van der Waals surface area contributed by atoms with Gasteiger partial charge in [-0.05, 0) is 31.5 Å². The molecule has 14 heavy (non-hydrogen) atoms. The molecule has 0 aliphatic rings. The van der Waals surface area contributed by atoms with Gasteiger partial charge in [-0.3, -0.25) is 0 Å². The quantitative estimate of drug-likeness (QED) is 0.596. The van der Waals surface area contributed by atoms with Crippen molar-refractivity contribution in [2.24, 2.45) is 0 Å². The van der Waals surface area contributed by atoms with E-state index in [1.807, 2.05) is 32.0 Å². The first-order chi connectivity index (χ1) is 6.50. The van der Waals surface area contributed by atoms with Crippen LogP contribution < -0.4 is 5.73 Å². The van der Waals surface area contributed by atoms with Crippen LogP contribution in [0.15, 0.2) is 23.1 Å². The second-order valence-corrected chi connectivity index (χ2v) is 5.02. The van der Waals surface area contributed by atoms with Crippen LogP contribution in [-0.2, 0) is 0 Å². The second kappa shape index (κ2) is 4.71. The zero-order chi connectivity index (χ0) is 10.7. The van der Waals surface area contributed by atoms with E-state index >= 15 is 0 Å². The first-order valence-electron chi connectivity index (χ1n) is 4.71. The molecule has 2 atom stereocenters. The summed E-state index contributed by atoms with van der Waals surface area (Å²) in [5, 5.41) is 9.53. The monoisotopic (exact) mass is 211 g/mol. The van der Waals surface area contributed by atoms with Gasteiger partial charge in [0.05, 0.1) is 6.10 Å². The third kappa shape index (κ3) is 2.93. The lowest BCUT2D eigenvalue weighted by Gasteiger charge is -2.15. The highest BCUT2D eigenvalue weighted by Gasteiger charge is 2.11. The van der Waals surface area contributed by atoms with Crippen molar-refractivity contribution in [1.82, 2.24) is 0 Å². The molecule has 0 saturated carbocycles. The fraction of sp³-hybridized carbons (Fsp3) is 0.455. The van der Waals surface area contributed by atoms with Crippen LogP contribution in [0.3, 0.4) is 0 Å². The van der Waals surface area contributed by atoms with Gasteiger partial charge in [0, 0.05) is 15.8 Å². The van der Waals surface area contributed by atoms with Gasteiger partial charge < -0.3 is 10.8 Å². The summed E-state index contributed by atoms with van der Waals surface area (Å²) in [7, 11) is 0. The number of aliphatic hydroxyl groups is 1. The summed E-state index contributed by atoms with van der Waals surface area (Å²) in [6, 6.07) is 6.00. The van der Waals surface area contributed by atoms with Crippen LogP contribution in [0.25, 0.3) is 0 Å². The molecule has 3 heteroatoms. The molecule has 3 N–H and O–H groups in total. The van der Waals surface area contributed by atoms with Gasteiger partial charge in [-0.15, -0.1) is 11.8 Å². The SMILES string of the molecule is Cc1ccc(SC(C)C(C)O)c(N)c1. The highest BCUT2D eigenvalue weighted by molar-refractivity contribution is 8.00. The maximum Gasteiger partial charge on any atom is 0.0631 e. The molecular weight excluding hydrogens is 194 g/mol. The first-order valence-corrected chi connectivity index (χ1v) is 5.59. The van der Waals surface area contributed by atoms with Crippen LogP contribution in [0.1, 0.15) is 19.4 Å². The van der Waals surface area contributed by atoms with E-state index in [0.29, 0.717) is 0 Å². The van der Waals surface area contributed by atoms with Crippen molar-refractivity contribution in [3.8, 4) is 0 Å². The minimum atomic E-state index is -0.319. The Morgan fingerprint density at radius 1 is 1.36 bits per heavy atom. The van der Waals surface area contributed by atoms with Crippen LogP contribution in [0.2, 0.25) is 0 Å². The average molecular weight is 211 g/mol. The Labute approximate surface area is 89.5 Å². The van der Waals surface area contributed by atoms with E-state index in [-0.39, 0.29) is 11.4 Å². The third-order valence-corrected chi connectivity index (χ3v) is 3.55. The Hall–Kier alpha value is -0.670. The van der Waals surface area contributed by atoms with Gasteiger partial charge in [-0.25, -0.2) is 0 Å². The third-order valence-electron chi connectivity index (χ3n) is 2.16. The zero-order valence-electron chi connectivity index (χ0n) is 8.82. The van der Waals surface area contributed by atoms with E-state index < -0.39 is 0 Å². The van der Waals surface area contributed by atoms with E-state index in [4.69, 9.17) is 5.73 Å². The lowest BCUT2D eigenvalue weighted by atomic mass is 10.2. The van der Waals surface area contributed by atoms with Gasteiger partial charge in [0.1, 0.15) is 0 Å². The maximum atomic E-state index is 9.37. The number of hydrogen-bond donors (Lipinski definition) is 2. The molecule has 78 valence electrons. The normalized spacial score (nSPS) is 15.1. The molecule has 2 unspecified atom stereocenters. The largest absolute Gasteiger partial charge is 0.398 e. The second-order valence-electron chi connectivity index (χ2n) is 3.60. The Kier molecular flexibility index (Phi) is 3.84. The van der Waals surface area contributed by atoms with Crippen molar-refractivity contribution < 1.29 is 5.11 Å². The standard InChI is InChI=1S/C11H17NOS/c1-7-4-5-11(10(12)6-7)14-9(3)8(2)13/h4-6,8-9,13H,12H2,1-3H3. The van der Waals surface area contributed by atoms with E-state index in [9.17, 15) is 5.11 Å². The van der Waals surface area contributed by atoms with E-state index in [1.54, 1.807) is 18.7 Å². The van der Waals surface area contributed by atoms with Gasteiger partial charge in [0.25, 0.3) is 0 Å². The van der Waals surface area contributed by atoms with E-state index in [2.05, 4.69) is 0 Å². The number of benzene rings is 1. The summed E-state index contributed by atoms with van der Waals surface area (Å²) in [6.45, 7) is 5.81. The maximum absolute atomic E-state index is 9.37. The summed E-state index contributed by atoms with van der Waals surface area (Å²) in [5.74, 6) is 0. The number of aliphatic hydroxyl groups excluding tert-OH is 1. The summed E-state index contributed by atoms with van der Waals surface area (Å²) in [5.41, 5.74) is 7.82. The van der Waals surface area contributed by atoms with E-state index in [1.165, 1.54) is 0 Å². The molecule has 1 aromatic rings. The molecule has 0 aliphatic carbocycles. The molecule has 1 aromatic carbocycles. The topological polar surface area (TPSA) is 46.2 Å². The highest BCUT2D eigenvalue weighted by atomic mass is 32.2. The number of aryl methyl sites for hydroxylation is 1. The molecule has 0 spiro atoms. The Bertz CT molecular complexity index is 312. The molecule has 1 rings (SSSR count). The van der Waals surface area contributed by atoms with Gasteiger partial charge in [0.2, 0.25) is 0 Å². The van der Waals surface area contributed by atoms with Crippen LogP contribution in [0.5, 0.6) is 0 Å². The van der Waals surface area contributed by atoms with Crippen molar-refractivity contribution in [2.45, 2.75) is 37.0 Å². The van der Waals surface area contributed by atoms with Gasteiger partial charge >= 0.3 is 0 Å². The number of rotatable bonds is 3. The average Bonchev–Trinajstić information content (AvgIpc) is 2.09. The van der Waals surface area contributed by atoms with Crippen molar-refractivity contribution in [3.05, 3.63) is 23.8 Å². The van der Waals surface area contributed by atoms with Crippen LogP contribution in [0, 0.1) is 6.92 Å². The van der Waals surface area contributed by atoms with E-state index in [0.717, 1.165) is 16.1 Å². The highest BCUT2D eigenvalue weighted by Crippen LogP contribution is 2.30. The summed E-state index contributed by atoms with van der Waals surface area (Å²) in [6.07, 6.45) is -0.319. The zero-order valence-corrected chi connectivity index (χ0v) is 9.64. The molecule has 0 heterocycles. The molecule has 2 nitrogen and oxygen atoms in total. The summed E-state index contributed by atoms with van der Waals surface area (Å²) in [4.78, 5) is 1.05. The van der Waals surface area contributed by atoms with Gasteiger partial charge in [-0.2, -0.15) is 0 Å². The fourth-order valence-electron chi connectivity index (χ4n) is 1.07. The molecule has 0 aliphatic heterocycles. The van der Waals surface area contributed by atoms with Crippen LogP contribution >= 0.6 is 11.8 Å². The number of hydrogen-bond acceptors (Lipinski definition) is 3. The molecule has 0 radical (unpaired) electrons. The lowest BCUT2D eigenvalue weighted by molar-refractivity contribution is 0.196. The lowest BCUT2D eigenvalue weighted by Crippen LogP contribution is -2.15. The Morgan fingerprint density at radius 3 is 2.50 bits per heavy atom. The van der Waals surface area contributed by atoms with Crippen LogP contribution in [0.4, 0.5) is 5.69 Å². The van der Waals surface area contributed by atoms with Crippen molar-refractivity contribution in [1.29, 1.82) is 0 Å². The Balaban J connectivity index is 2.77. The molecule has 0 bridgehead atoms. The molecule has 0 fully saturated rings. The smallest absolute Gasteiger partial charge is 0.0631 e. The molecule has 0 aromatic heterocycles. The number of anilines is 1. The predicted octanol–water partition coefficient (Wildman–Crippen LogP) is 2.44. The molecule has 0 amide bonds. The predicted molar refractivity (Wildman–Crippen MR) is 62.6 cm³/mol. The fourth-order valence-corrected chi connectivity index (χ4v) is 2.01. The van der Waals surface area contributed by atoms with Gasteiger partial charge in [-0.1, -0.05) is 13.0 Å². The summed E-state index contributed by atoms with van der Waals surface area (Å²) >= 11 is 1.61. The van der Waals surface area contributed by atoms with Gasteiger partial charge in [0.15, 0.2) is 0 Å².